The second-order valence-electron chi connectivity index (χ2n) is 3.97. The molecule has 0 unspecified atom stereocenters. The van der Waals surface area contributed by atoms with E-state index in [-0.39, 0.29) is 5.97 Å². The molecule has 0 aliphatic heterocycles. The summed E-state index contributed by atoms with van der Waals surface area (Å²) in [6.07, 6.45) is 1.59. The highest BCUT2D eigenvalue weighted by Crippen LogP contribution is 2.08. The molecule has 14 heavy (non-hydrogen) atoms. The van der Waals surface area contributed by atoms with Crippen molar-refractivity contribution in [3.05, 3.63) is 12.7 Å². The molecule has 0 aliphatic carbocycles. The van der Waals surface area contributed by atoms with Crippen molar-refractivity contribution in [1.82, 2.24) is 5.48 Å². The lowest BCUT2D eigenvalue weighted by Crippen LogP contribution is -2.39. The first-order chi connectivity index (χ1) is 6.37. The van der Waals surface area contributed by atoms with Crippen molar-refractivity contribution in [3.63, 3.8) is 0 Å². The molecule has 4 heteroatoms. The third-order valence-corrected chi connectivity index (χ3v) is 1.22. The second-order valence-corrected chi connectivity index (χ2v) is 3.97. The van der Waals surface area contributed by atoms with Crippen LogP contribution < -0.4 is 5.48 Å². The van der Waals surface area contributed by atoms with E-state index in [0.717, 1.165) is 0 Å². The SMILES string of the molecule is C=CCON[C@@H](C)C(=O)OC(C)(C)C. The normalized spacial score (nSPS) is 13.4. The van der Waals surface area contributed by atoms with Crippen molar-refractivity contribution >= 4 is 5.97 Å². The van der Waals surface area contributed by atoms with E-state index >= 15 is 0 Å². The summed E-state index contributed by atoms with van der Waals surface area (Å²) in [7, 11) is 0. The maximum absolute atomic E-state index is 11.4. The zero-order valence-electron chi connectivity index (χ0n) is 9.29. The Labute approximate surface area is 85.2 Å². The van der Waals surface area contributed by atoms with Crippen LogP contribution in [0.2, 0.25) is 0 Å². The van der Waals surface area contributed by atoms with Crippen LogP contribution in [0.15, 0.2) is 12.7 Å². The van der Waals surface area contributed by atoms with E-state index < -0.39 is 11.6 Å². The molecular formula is C10H19NO3. The van der Waals surface area contributed by atoms with Gasteiger partial charge in [0, 0.05) is 0 Å². The lowest BCUT2D eigenvalue weighted by atomic mass is 10.2. The molecule has 0 amide bonds. The summed E-state index contributed by atoms with van der Waals surface area (Å²) < 4.78 is 5.12. The molecule has 0 aromatic rings. The van der Waals surface area contributed by atoms with Crippen molar-refractivity contribution in [2.75, 3.05) is 6.61 Å². The second kappa shape index (κ2) is 5.78. The van der Waals surface area contributed by atoms with Gasteiger partial charge in [-0.25, -0.2) is 0 Å². The van der Waals surface area contributed by atoms with Crippen LogP contribution in [0.5, 0.6) is 0 Å². The summed E-state index contributed by atoms with van der Waals surface area (Å²) in [5.74, 6) is -0.332. The molecular weight excluding hydrogens is 182 g/mol. The summed E-state index contributed by atoms with van der Waals surface area (Å²) in [4.78, 5) is 16.3. The summed E-state index contributed by atoms with van der Waals surface area (Å²) in [5.41, 5.74) is 2.09. The average molecular weight is 201 g/mol. The Balaban J connectivity index is 3.82. The number of ether oxygens (including phenoxy) is 1. The van der Waals surface area contributed by atoms with Crippen molar-refractivity contribution < 1.29 is 14.4 Å². The van der Waals surface area contributed by atoms with Crippen LogP contribution in [0.25, 0.3) is 0 Å². The van der Waals surface area contributed by atoms with Gasteiger partial charge in [-0.1, -0.05) is 6.08 Å². The van der Waals surface area contributed by atoms with Gasteiger partial charge in [0.25, 0.3) is 0 Å². The Kier molecular flexibility index (Phi) is 5.42. The molecule has 0 saturated heterocycles. The maximum Gasteiger partial charge on any atom is 0.325 e. The van der Waals surface area contributed by atoms with Crippen molar-refractivity contribution in [2.45, 2.75) is 39.3 Å². The van der Waals surface area contributed by atoms with Gasteiger partial charge in [0.1, 0.15) is 11.6 Å². The van der Waals surface area contributed by atoms with Crippen LogP contribution in [0.1, 0.15) is 27.7 Å². The molecule has 0 aromatic carbocycles. The first-order valence-electron chi connectivity index (χ1n) is 4.58. The van der Waals surface area contributed by atoms with Gasteiger partial charge in [-0.15, -0.1) is 6.58 Å². The summed E-state index contributed by atoms with van der Waals surface area (Å²) in [6, 6.07) is -0.478. The zero-order chi connectivity index (χ0) is 11.2. The fourth-order valence-electron chi connectivity index (χ4n) is 0.670. The quantitative estimate of drug-likeness (QED) is 0.316. The van der Waals surface area contributed by atoms with Gasteiger partial charge in [-0.3, -0.25) is 9.63 Å². The van der Waals surface area contributed by atoms with E-state index in [4.69, 9.17) is 9.57 Å². The smallest absolute Gasteiger partial charge is 0.325 e. The lowest BCUT2D eigenvalue weighted by Gasteiger charge is -2.22. The Bertz CT molecular complexity index is 196. The van der Waals surface area contributed by atoms with E-state index in [1.54, 1.807) is 13.0 Å². The summed E-state index contributed by atoms with van der Waals surface area (Å²) in [6.45, 7) is 11.0. The van der Waals surface area contributed by atoms with E-state index in [1.165, 1.54) is 0 Å². The van der Waals surface area contributed by atoms with Gasteiger partial charge in [0.15, 0.2) is 0 Å². The molecule has 1 N–H and O–H groups in total. The van der Waals surface area contributed by atoms with Gasteiger partial charge < -0.3 is 4.74 Å². The molecule has 0 heterocycles. The van der Waals surface area contributed by atoms with Gasteiger partial charge in [-0.05, 0) is 27.7 Å². The zero-order valence-corrected chi connectivity index (χ0v) is 9.29. The molecule has 0 fully saturated rings. The Morgan fingerprint density at radius 2 is 2.14 bits per heavy atom. The molecule has 0 aromatic heterocycles. The third kappa shape index (κ3) is 6.62. The van der Waals surface area contributed by atoms with E-state index in [2.05, 4.69) is 12.1 Å². The van der Waals surface area contributed by atoms with Gasteiger partial charge in [0.2, 0.25) is 0 Å². The van der Waals surface area contributed by atoms with Crippen molar-refractivity contribution in [3.8, 4) is 0 Å². The summed E-state index contributed by atoms with van der Waals surface area (Å²) >= 11 is 0. The lowest BCUT2D eigenvalue weighted by molar-refractivity contribution is -0.160. The molecule has 82 valence electrons. The minimum absolute atomic E-state index is 0.332. The number of esters is 1. The molecule has 0 radical (unpaired) electrons. The fourth-order valence-corrected chi connectivity index (χ4v) is 0.670. The van der Waals surface area contributed by atoms with Crippen LogP contribution in [0.4, 0.5) is 0 Å². The molecule has 4 nitrogen and oxygen atoms in total. The highest BCUT2D eigenvalue weighted by molar-refractivity contribution is 5.75. The van der Waals surface area contributed by atoms with Crippen LogP contribution in [0.3, 0.4) is 0 Å². The number of carbonyl (C=O) groups excluding carboxylic acids is 1. The number of nitrogens with one attached hydrogen (secondary N) is 1. The minimum Gasteiger partial charge on any atom is -0.459 e. The predicted molar refractivity (Wildman–Crippen MR) is 54.6 cm³/mol. The molecule has 1 atom stereocenters. The Hall–Kier alpha value is -0.870. The fraction of sp³-hybridized carbons (Fsp3) is 0.700. The largest absolute Gasteiger partial charge is 0.459 e. The van der Waals surface area contributed by atoms with E-state index in [0.29, 0.717) is 6.61 Å². The van der Waals surface area contributed by atoms with Gasteiger partial charge in [-0.2, -0.15) is 5.48 Å². The van der Waals surface area contributed by atoms with Gasteiger partial charge >= 0.3 is 5.97 Å². The average Bonchev–Trinajstić information content (AvgIpc) is 2.01. The Morgan fingerprint density at radius 1 is 1.57 bits per heavy atom. The molecule has 0 rings (SSSR count). The Morgan fingerprint density at radius 3 is 2.57 bits per heavy atom. The number of hydrogen-bond acceptors (Lipinski definition) is 4. The molecule has 0 aliphatic rings. The number of hydroxylamine groups is 1. The van der Waals surface area contributed by atoms with Crippen LogP contribution in [-0.4, -0.2) is 24.2 Å². The highest BCUT2D eigenvalue weighted by Gasteiger charge is 2.21. The monoisotopic (exact) mass is 201 g/mol. The van der Waals surface area contributed by atoms with Gasteiger partial charge in [0.05, 0.1) is 6.61 Å². The minimum atomic E-state index is -0.478. The number of hydrogen-bond donors (Lipinski definition) is 1. The molecule has 0 spiro atoms. The highest BCUT2D eigenvalue weighted by atomic mass is 16.6. The first-order valence-corrected chi connectivity index (χ1v) is 4.58. The maximum atomic E-state index is 11.4. The number of rotatable bonds is 5. The van der Waals surface area contributed by atoms with E-state index in [9.17, 15) is 4.79 Å². The van der Waals surface area contributed by atoms with Crippen molar-refractivity contribution in [2.24, 2.45) is 0 Å². The topological polar surface area (TPSA) is 47.6 Å². The third-order valence-electron chi connectivity index (χ3n) is 1.22. The number of carbonyl (C=O) groups is 1. The van der Waals surface area contributed by atoms with Crippen LogP contribution >= 0.6 is 0 Å². The van der Waals surface area contributed by atoms with Crippen molar-refractivity contribution in [1.29, 1.82) is 0 Å². The summed E-state index contributed by atoms with van der Waals surface area (Å²) in [5, 5.41) is 0. The van der Waals surface area contributed by atoms with Crippen LogP contribution in [0, 0.1) is 0 Å². The molecule has 0 bridgehead atoms. The predicted octanol–water partition coefficient (Wildman–Crippen LogP) is 1.42. The standard InChI is InChI=1S/C10H19NO3/c1-6-7-13-11-8(2)9(12)14-10(3,4)5/h6,8,11H,1,7H2,2-5H3/t8-/m0/s1. The molecule has 0 saturated carbocycles. The van der Waals surface area contributed by atoms with E-state index in [1.807, 2.05) is 20.8 Å². The first kappa shape index (κ1) is 13.1. The van der Waals surface area contributed by atoms with Crippen LogP contribution in [-0.2, 0) is 14.4 Å².